The van der Waals surface area contributed by atoms with E-state index in [0.717, 1.165) is 29.2 Å². The van der Waals surface area contributed by atoms with Crippen molar-refractivity contribution in [2.45, 2.75) is 18.3 Å². The molecule has 0 saturated heterocycles. The maximum Gasteiger partial charge on any atom is 0.231 e. The summed E-state index contributed by atoms with van der Waals surface area (Å²) in [5.41, 5.74) is 8.97. The van der Waals surface area contributed by atoms with Crippen LogP contribution in [0.5, 0.6) is 17.2 Å². The predicted octanol–water partition coefficient (Wildman–Crippen LogP) is 7.18. The Kier molecular flexibility index (Phi) is 5.26. The van der Waals surface area contributed by atoms with E-state index in [4.69, 9.17) is 14.2 Å². The largest absolute Gasteiger partial charge is 0.497 e. The monoisotopic (exact) mass is 482 g/mol. The molecule has 4 aromatic rings. The van der Waals surface area contributed by atoms with Crippen LogP contribution in [0.2, 0.25) is 0 Å². The average Bonchev–Trinajstić information content (AvgIpc) is 3.64. The van der Waals surface area contributed by atoms with Crippen LogP contribution in [0.1, 0.15) is 46.1 Å². The molecule has 0 aromatic heterocycles. The van der Waals surface area contributed by atoms with E-state index in [2.05, 4.69) is 84.6 Å². The van der Waals surface area contributed by atoms with Crippen molar-refractivity contribution < 1.29 is 14.2 Å². The van der Waals surface area contributed by atoms with Gasteiger partial charge >= 0.3 is 0 Å². The molecule has 1 fully saturated rings. The van der Waals surface area contributed by atoms with Crippen LogP contribution in [0.3, 0.4) is 0 Å². The van der Waals surface area contributed by atoms with Gasteiger partial charge < -0.3 is 14.2 Å². The number of allylic oxidation sites excluding steroid dienone is 1. The Balaban J connectivity index is 1.40. The summed E-state index contributed by atoms with van der Waals surface area (Å²) in [5.74, 6) is 10.4. The summed E-state index contributed by atoms with van der Waals surface area (Å²) in [6.45, 7) is 0.288. The maximum absolute atomic E-state index is 5.80. The molecule has 3 nitrogen and oxygen atoms in total. The van der Waals surface area contributed by atoms with Gasteiger partial charge in [-0.3, -0.25) is 0 Å². The Morgan fingerprint density at radius 2 is 1.41 bits per heavy atom. The molecular weight excluding hydrogens is 456 g/mol. The number of rotatable bonds is 3. The minimum Gasteiger partial charge on any atom is -0.497 e. The standard InChI is InChI=1S/C34H26O3/c1-35-26-16-13-22(14-17-26)12-15-25-18-28-27-19-30-31(37-21-36-30)20-29(27)33(25)34(28)32(23-8-4-2-5-9-23)24-10-6-3-7-11-24/h2-11,13-14,16-17,19-20,25,28,33H,18,21H2,1H3. The van der Waals surface area contributed by atoms with Gasteiger partial charge in [-0.15, -0.1) is 0 Å². The summed E-state index contributed by atoms with van der Waals surface area (Å²) >= 11 is 0. The molecule has 3 unspecified atom stereocenters. The quantitative estimate of drug-likeness (QED) is 0.290. The van der Waals surface area contributed by atoms with Gasteiger partial charge in [0, 0.05) is 23.3 Å². The Labute approximate surface area is 217 Å². The van der Waals surface area contributed by atoms with Gasteiger partial charge in [0.05, 0.1) is 7.11 Å². The smallest absolute Gasteiger partial charge is 0.231 e. The molecule has 1 heterocycles. The van der Waals surface area contributed by atoms with Gasteiger partial charge in [0.15, 0.2) is 11.5 Å². The van der Waals surface area contributed by atoms with Gasteiger partial charge in [-0.1, -0.05) is 72.5 Å². The van der Waals surface area contributed by atoms with Gasteiger partial charge in [-0.05, 0) is 76.2 Å². The van der Waals surface area contributed by atoms with Crippen LogP contribution < -0.4 is 14.2 Å². The number of methoxy groups -OCH3 is 1. The topological polar surface area (TPSA) is 27.7 Å². The lowest BCUT2D eigenvalue weighted by atomic mass is 9.82. The highest BCUT2D eigenvalue weighted by molar-refractivity contribution is 5.86. The first-order valence-corrected chi connectivity index (χ1v) is 12.7. The van der Waals surface area contributed by atoms with E-state index in [0.29, 0.717) is 5.92 Å². The molecule has 2 bridgehead atoms. The highest BCUT2D eigenvalue weighted by Gasteiger charge is 2.49. The predicted molar refractivity (Wildman–Crippen MR) is 145 cm³/mol. The van der Waals surface area contributed by atoms with Crippen molar-refractivity contribution in [2.75, 3.05) is 13.9 Å². The van der Waals surface area contributed by atoms with E-state index >= 15 is 0 Å². The summed E-state index contributed by atoms with van der Waals surface area (Å²) in [5, 5.41) is 0. The molecular formula is C34H26O3. The second-order valence-electron chi connectivity index (χ2n) is 9.77. The Hall–Kier alpha value is -4.42. The molecule has 7 rings (SSSR count). The fourth-order valence-electron chi connectivity index (χ4n) is 6.21. The fourth-order valence-corrected chi connectivity index (χ4v) is 6.21. The maximum atomic E-state index is 5.80. The molecule has 3 aliphatic rings. The van der Waals surface area contributed by atoms with E-state index in [1.54, 1.807) is 7.11 Å². The van der Waals surface area contributed by atoms with Crippen LogP contribution in [0.4, 0.5) is 0 Å². The molecule has 0 N–H and O–H groups in total. The summed E-state index contributed by atoms with van der Waals surface area (Å²) < 4.78 is 16.9. The first-order valence-electron chi connectivity index (χ1n) is 12.7. The second-order valence-corrected chi connectivity index (χ2v) is 9.77. The molecule has 4 aromatic carbocycles. The van der Waals surface area contributed by atoms with Crippen LogP contribution in [-0.2, 0) is 0 Å². The zero-order valence-corrected chi connectivity index (χ0v) is 20.6. The van der Waals surface area contributed by atoms with Gasteiger partial charge in [-0.2, -0.15) is 0 Å². The van der Waals surface area contributed by atoms with Crippen molar-refractivity contribution in [3.05, 3.63) is 130 Å². The minimum atomic E-state index is 0.204. The van der Waals surface area contributed by atoms with Crippen molar-refractivity contribution in [2.24, 2.45) is 5.92 Å². The molecule has 0 spiro atoms. The highest BCUT2D eigenvalue weighted by Crippen LogP contribution is 2.63. The zero-order valence-electron chi connectivity index (χ0n) is 20.6. The third-order valence-electron chi connectivity index (χ3n) is 7.80. The molecule has 0 amide bonds. The van der Waals surface area contributed by atoms with Gasteiger partial charge in [0.2, 0.25) is 6.79 Å². The number of fused-ring (bicyclic) bond motifs is 6. The van der Waals surface area contributed by atoms with Crippen molar-refractivity contribution in [3.8, 4) is 29.1 Å². The zero-order chi connectivity index (χ0) is 24.8. The Bertz CT molecular complexity index is 1520. The summed E-state index contributed by atoms with van der Waals surface area (Å²) in [7, 11) is 1.68. The van der Waals surface area contributed by atoms with Crippen molar-refractivity contribution in [3.63, 3.8) is 0 Å². The molecule has 3 atom stereocenters. The van der Waals surface area contributed by atoms with Gasteiger partial charge in [0.25, 0.3) is 0 Å². The van der Waals surface area contributed by atoms with Crippen LogP contribution in [0, 0.1) is 17.8 Å². The molecule has 37 heavy (non-hydrogen) atoms. The Morgan fingerprint density at radius 1 is 0.784 bits per heavy atom. The van der Waals surface area contributed by atoms with Crippen LogP contribution in [0.15, 0.2) is 103 Å². The van der Waals surface area contributed by atoms with E-state index in [9.17, 15) is 0 Å². The van der Waals surface area contributed by atoms with Crippen molar-refractivity contribution in [1.82, 2.24) is 0 Å². The fraction of sp³-hybridized carbons (Fsp3) is 0.176. The molecule has 0 radical (unpaired) electrons. The van der Waals surface area contributed by atoms with Gasteiger partial charge in [-0.25, -0.2) is 0 Å². The van der Waals surface area contributed by atoms with Crippen molar-refractivity contribution in [1.29, 1.82) is 0 Å². The summed E-state index contributed by atoms with van der Waals surface area (Å²) in [4.78, 5) is 0. The minimum absolute atomic E-state index is 0.204. The molecule has 1 saturated carbocycles. The summed E-state index contributed by atoms with van der Waals surface area (Å²) in [6.07, 6.45) is 0.999. The molecule has 2 aliphatic carbocycles. The lowest BCUT2D eigenvalue weighted by Crippen LogP contribution is -2.09. The van der Waals surface area contributed by atoms with Crippen molar-refractivity contribution >= 4 is 5.57 Å². The number of hydrogen-bond acceptors (Lipinski definition) is 3. The van der Waals surface area contributed by atoms with Gasteiger partial charge in [0.1, 0.15) is 5.75 Å². The third kappa shape index (κ3) is 3.69. The first-order chi connectivity index (χ1) is 18.3. The van der Waals surface area contributed by atoms with E-state index in [-0.39, 0.29) is 18.6 Å². The Morgan fingerprint density at radius 3 is 2.03 bits per heavy atom. The second kappa shape index (κ2) is 8.91. The number of hydrogen-bond donors (Lipinski definition) is 0. The van der Waals surface area contributed by atoms with E-state index in [1.165, 1.54) is 33.4 Å². The highest BCUT2D eigenvalue weighted by atomic mass is 16.7. The average molecular weight is 483 g/mol. The summed E-state index contributed by atoms with van der Waals surface area (Å²) in [6, 6.07) is 34.0. The first kappa shape index (κ1) is 21.8. The van der Waals surface area contributed by atoms with E-state index in [1.807, 2.05) is 24.3 Å². The van der Waals surface area contributed by atoms with Crippen LogP contribution in [0.25, 0.3) is 5.57 Å². The third-order valence-corrected chi connectivity index (χ3v) is 7.80. The lowest BCUT2D eigenvalue weighted by molar-refractivity contribution is 0.174. The van der Waals surface area contributed by atoms with Crippen LogP contribution in [-0.4, -0.2) is 13.9 Å². The van der Waals surface area contributed by atoms with E-state index < -0.39 is 0 Å². The number of benzene rings is 4. The molecule has 3 heteroatoms. The SMILES string of the molecule is COc1ccc(C#CC2CC3C(=C(c4ccccc4)c4ccccc4)C2c2cc4c(cc23)OCO4)cc1. The number of ether oxygens (including phenoxy) is 3. The molecule has 1 aliphatic heterocycles. The lowest BCUT2D eigenvalue weighted by Gasteiger charge is -2.20. The van der Waals surface area contributed by atoms with Crippen LogP contribution >= 0.6 is 0 Å². The normalized spacial score (nSPS) is 20.2. The molecule has 180 valence electrons.